The molecule has 1 unspecified atom stereocenters. The smallest absolute Gasteiger partial charge is 0.154 e. The van der Waals surface area contributed by atoms with E-state index in [0.29, 0.717) is 0 Å². The third kappa shape index (κ3) is 2.39. The van der Waals surface area contributed by atoms with E-state index < -0.39 is 0 Å². The van der Waals surface area contributed by atoms with Crippen LogP contribution in [-0.2, 0) is 0 Å². The highest BCUT2D eigenvalue weighted by Crippen LogP contribution is 2.39. The van der Waals surface area contributed by atoms with Crippen molar-refractivity contribution in [2.75, 3.05) is 0 Å². The van der Waals surface area contributed by atoms with Gasteiger partial charge in [0.1, 0.15) is 10.7 Å². The molecule has 5 rings (SSSR count). The molecule has 0 aliphatic carbocycles. The van der Waals surface area contributed by atoms with Gasteiger partial charge in [-0.1, -0.05) is 30.3 Å². The molecule has 0 radical (unpaired) electrons. The zero-order valence-electron chi connectivity index (χ0n) is 13.9. The second-order valence-corrected chi connectivity index (χ2v) is 6.94. The van der Waals surface area contributed by atoms with Crippen molar-refractivity contribution in [3.63, 3.8) is 0 Å². The van der Waals surface area contributed by atoms with Gasteiger partial charge >= 0.3 is 0 Å². The molecule has 0 amide bonds. The second kappa shape index (κ2) is 6.01. The number of hydrogen-bond acceptors (Lipinski definition) is 7. The van der Waals surface area contributed by atoms with E-state index in [1.54, 1.807) is 23.9 Å². The molecule has 3 aromatic heterocycles. The van der Waals surface area contributed by atoms with E-state index in [1.807, 2.05) is 41.8 Å². The molecule has 7 nitrogen and oxygen atoms in total. The maximum atomic E-state index is 4.95. The molecule has 8 heteroatoms. The minimum absolute atomic E-state index is 0.163. The summed E-state index contributed by atoms with van der Waals surface area (Å²) in [7, 11) is 0. The standard InChI is InChI=1S/C18H15N7S/c1-11-15(25-13(22-11)8-5-9-21-25)18-23-14(12-6-3-2-4-7-12)16(26-18)17-19-10-20-24-17/h2-10,17,24H,1H3,(H,19,20). The summed E-state index contributed by atoms with van der Waals surface area (Å²) in [5.74, 6) is 0. The van der Waals surface area contributed by atoms with Gasteiger partial charge in [-0.3, -0.25) is 0 Å². The molecule has 0 fully saturated rings. The first-order chi connectivity index (χ1) is 12.8. The lowest BCUT2D eigenvalue weighted by molar-refractivity contribution is 0.584. The van der Waals surface area contributed by atoms with Crippen molar-refractivity contribution in [2.45, 2.75) is 13.1 Å². The van der Waals surface area contributed by atoms with E-state index in [4.69, 9.17) is 4.98 Å². The van der Waals surface area contributed by atoms with Crippen molar-refractivity contribution in [3.8, 4) is 22.0 Å². The lowest BCUT2D eigenvalue weighted by atomic mass is 10.1. The van der Waals surface area contributed by atoms with Crippen LogP contribution >= 0.6 is 11.3 Å². The van der Waals surface area contributed by atoms with E-state index in [2.05, 4.69) is 38.1 Å². The Kier molecular flexibility index (Phi) is 3.51. The molecule has 1 atom stereocenters. The number of hydrogen-bond donors (Lipinski definition) is 2. The Morgan fingerprint density at radius 2 is 1.96 bits per heavy atom. The number of imidazole rings is 1. The predicted molar refractivity (Wildman–Crippen MR) is 102 cm³/mol. The van der Waals surface area contributed by atoms with Gasteiger partial charge in [-0.15, -0.1) is 11.3 Å². The Labute approximate surface area is 153 Å². The van der Waals surface area contributed by atoms with Crippen molar-refractivity contribution in [1.29, 1.82) is 0 Å². The van der Waals surface area contributed by atoms with Gasteiger partial charge in [0.15, 0.2) is 11.8 Å². The van der Waals surface area contributed by atoms with Crippen LogP contribution in [0.25, 0.3) is 27.6 Å². The molecule has 0 spiro atoms. The van der Waals surface area contributed by atoms with Gasteiger partial charge in [0.25, 0.3) is 0 Å². The summed E-state index contributed by atoms with van der Waals surface area (Å²) in [4.78, 5) is 15.1. The average molecular weight is 361 g/mol. The number of rotatable bonds is 3. The van der Waals surface area contributed by atoms with Gasteiger partial charge in [0.2, 0.25) is 0 Å². The van der Waals surface area contributed by atoms with E-state index in [1.165, 1.54) is 0 Å². The van der Waals surface area contributed by atoms with Gasteiger partial charge in [0.05, 0.1) is 22.6 Å². The fourth-order valence-corrected chi connectivity index (χ4v) is 4.23. The maximum absolute atomic E-state index is 4.95. The van der Waals surface area contributed by atoms with E-state index in [9.17, 15) is 0 Å². The largest absolute Gasteiger partial charge is 0.310 e. The number of hydrazine groups is 1. The van der Waals surface area contributed by atoms with Crippen LogP contribution in [0.2, 0.25) is 0 Å². The number of fused-ring (bicyclic) bond motifs is 1. The monoisotopic (exact) mass is 361 g/mol. The van der Waals surface area contributed by atoms with E-state index >= 15 is 0 Å². The first-order valence-corrected chi connectivity index (χ1v) is 9.02. The van der Waals surface area contributed by atoms with Crippen LogP contribution < -0.4 is 10.9 Å². The van der Waals surface area contributed by atoms with Crippen molar-refractivity contribution in [1.82, 2.24) is 30.4 Å². The van der Waals surface area contributed by atoms with Crippen molar-refractivity contribution < 1.29 is 0 Å². The number of nitrogens with zero attached hydrogens (tertiary/aromatic N) is 5. The number of nitrogens with one attached hydrogen (secondary N) is 2. The summed E-state index contributed by atoms with van der Waals surface area (Å²) in [6.45, 7) is 1.99. The third-order valence-electron chi connectivity index (χ3n) is 4.23. The molecular weight excluding hydrogens is 346 g/mol. The Balaban J connectivity index is 1.73. The molecule has 1 aromatic carbocycles. The van der Waals surface area contributed by atoms with Crippen LogP contribution in [0.3, 0.4) is 0 Å². The van der Waals surface area contributed by atoms with Crippen molar-refractivity contribution in [2.24, 2.45) is 4.99 Å². The Morgan fingerprint density at radius 1 is 1.08 bits per heavy atom. The van der Waals surface area contributed by atoms with Gasteiger partial charge < -0.3 is 5.43 Å². The molecule has 0 saturated heterocycles. The number of aryl methyl sites for hydroxylation is 1. The number of aliphatic imine (C=N–C) groups is 1. The fraction of sp³-hybridized carbons (Fsp3) is 0.111. The topological polar surface area (TPSA) is 79.5 Å². The normalized spacial score (nSPS) is 16.3. The van der Waals surface area contributed by atoms with Crippen molar-refractivity contribution >= 4 is 23.3 Å². The molecule has 128 valence electrons. The molecule has 0 bridgehead atoms. The minimum Gasteiger partial charge on any atom is -0.310 e. The summed E-state index contributed by atoms with van der Waals surface area (Å²) in [5.41, 5.74) is 10.7. The molecule has 1 aliphatic heterocycles. The van der Waals surface area contributed by atoms with Gasteiger partial charge in [0, 0.05) is 11.8 Å². The molecule has 4 heterocycles. The molecule has 4 aromatic rings. The van der Waals surface area contributed by atoms with Crippen LogP contribution in [0.5, 0.6) is 0 Å². The lowest BCUT2D eigenvalue weighted by Crippen LogP contribution is -2.25. The van der Waals surface area contributed by atoms with Crippen molar-refractivity contribution in [3.05, 3.63) is 59.2 Å². The zero-order valence-corrected chi connectivity index (χ0v) is 14.7. The summed E-state index contributed by atoms with van der Waals surface area (Å²) in [5, 5.41) is 5.33. The van der Waals surface area contributed by atoms with Gasteiger partial charge in [-0.25, -0.2) is 24.9 Å². The molecule has 1 aliphatic rings. The highest BCUT2D eigenvalue weighted by atomic mass is 32.1. The van der Waals surface area contributed by atoms with E-state index in [-0.39, 0.29) is 6.17 Å². The Morgan fingerprint density at radius 3 is 2.77 bits per heavy atom. The van der Waals surface area contributed by atoms with Gasteiger partial charge in [-0.05, 0) is 19.1 Å². The molecule has 26 heavy (non-hydrogen) atoms. The van der Waals surface area contributed by atoms with E-state index in [0.717, 1.165) is 38.2 Å². The summed E-state index contributed by atoms with van der Waals surface area (Å²) in [6, 6.07) is 14.0. The predicted octanol–water partition coefficient (Wildman–Crippen LogP) is 2.96. The third-order valence-corrected chi connectivity index (χ3v) is 5.34. The Bertz CT molecular complexity index is 1110. The van der Waals surface area contributed by atoms with Crippen LogP contribution in [0.1, 0.15) is 16.7 Å². The van der Waals surface area contributed by atoms with Crippen LogP contribution in [-0.4, -0.2) is 25.9 Å². The van der Waals surface area contributed by atoms with Crippen LogP contribution in [0, 0.1) is 6.92 Å². The molecule has 0 saturated carbocycles. The zero-order chi connectivity index (χ0) is 17.5. The lowest BCUT2D eigenvalue weighted by Gasteiger charge is -2.07. The highest BCUT2D eigenvalue weighted by molar-refractivity contribution is 7.15. The fourth-order valence-electron chi connectivity index (χ4n) is 3.06. The molecule has 2 N–H and O–H groups in total. The summed E-state index contributed by atoms with van der Waals surface area (Å²) in [6.07, 6.45) is 3.26. The minimum atomic E-state index is -0.163. The average Bonchev–Trinajstić information content (AvgIpc) is 3.39. The second-order valence-electron chi connectivity index (χ2n) is 5.91. The first kappa shape index (κ1) is 15.2. The highest BCUT2D eigenvalue weighted by Gasteiger charge is 2.25. The first-order valence-electron chi connectivity index (χ1n) is 8.21. The maximum Gasteiger partial charge on any atom is 0.154 e. The number of thiazole rings is 1. The van der Waals surface area contributed by atoms with Crippen LogP contribution in [0.15, 0.2) is 53.7 Å². The Hall–Kier alpha value is -3.10. The van der Waals surface area contributed by atoms with Gasteiger partial charge in [-0.2, -0.15) is 5.10 Å². The molecular formula is C18H15N7S. The quantitative estimate of drug-likeness (QED) is 0.586. The number of aromatic nitrogens is 4. The summed E-state index contributed by atoms with van der Waals surface area (Å²) >= 11 is 1.61. The van der Waals surface area contributed by atoms with Crippen LogP contribution in [0.4, 0.5) is 0 Å². The summed E-state index contributed by atoms with van der Waals surface area (Å²) < 4.78 is 1.84. The SMILES string of the molecule is Cc1nc2cccnn2c1-c1nc(-c2ccccc2)c(C2N=CNN2)s1. The number of benzene rings is 1.